The average Bonchev–Trinajstić information content (AvgIpc) is 2.08. The molecule has 0 aliphatic heterocycles. The third-order valence-electron chi connectivity index (χ3n) is 2.02. The molecule has 0 bridgehead atoms. The van der Waals surface area contributed by atoms with Crippen molar-refractivity contribution in [3.8, 4) is 0 Å². The van der Waals surface area contributed by atoms with Crippen molar-refractivity contribution in [2.45, 2.75) is 26.0 Å². The van der Waals surface area contributed by atoms with E-state index in [-0.39, 0.29) is 0 Å². The van der Waals surface area contributed by atoms with Crippen LogP contribution in [0.25, 0.3) is 0 Å². The second kappa shape index (κ2) is 6.53. The van der Waals surface area contributed by atoms with Crippen LogP contribution < -0.4 is 0 Å². The van der Waals surface area contributed by atoms with Crippen LogP contribution >= 0.6 is 0 Å². The van der Waals surface area contributed by atoms with Crippen molar-refractivity contribution >= 4 is 7.28 Å². The van der Waals surface area contributed by atoms with Crippen LogP contribution in [0.4, 0.5) is 0 Å². The van der Waals surface area contributed by atoms with Gasteiger partial charge in [-0.25, -0.2) is 0 Å². The summed E-state index contributed by atoms with van der Waals surface area (Å²) in [6, 6.07) is 0. The fourth-order valence-corrected chi connectivity index (χ4v) is 1.28. The Balaban J connectivity index is 2.39. The van der Waals surface area contributed by atoms with E-state index in [4.69, 9.17) is 0 Å². The summed E-state index contributed by atoms with van der Waals surface area (Å²) in [7, 11) is 2.23. The molecular formula is C12H16B. The van der Waals surface area contributed by atoms with Crippen LogP contribution in [0.2, 0.25) is 13.1 Å². The van der Waals surface area contributed by atoms with Crippen LogP contribution in [0.1, 0.15) is 12.8 Å². The molecule has 0 unspecified atom stereocenters. The molecule has 0 atom stereocenters. The van der Waals surface area contributed by atoms with Crippen LogP contribution in [0.3, 0.4) is 0 Å². The molecule has 0 N–H and O–H groups in total. The van der Waals surface area contributed by atoms with Crippen LogP contribution in [-0.4, -0.2) is 7.28 Å². The van der Waals surface area contributed by atoms with Crippen molar-refractivity contribution < 1.29 is 0 Å². The Hall–Kier alpha value is -0.975. The summed E-state index contributed by atoms with van der Waals surface area (Å²) in [4.78, 5) is 0. The fourth-order valence-electron chi connectivity index (χ4n) is 1.28. The van der Waals surface area contributed by atoms with Crippen LogP contribution in [0.5, 0.6) is 0 Å². The van der Waals surface area contributed by atoms with Gasteiger partial charge in [-0.1, -0.05) is 62.1 Å². The van der Waals surface area contributed by atoms with E-state index in [1.807, 2.05) is 6.08 Å². The van der Waals surface area contributed by atoms with Gasteiger partial charge in [-0.05, 0) is 12.0 Å². The molecule has 1 radical (unpaired) electrons. The molecule has 1 aliphatic carbocycles. The molecule has 13 heavy (non-hydrogen) atoms. The third kappa shape index (κ3) is 4.57. The van der Waals surface area contributed by atoms with Crippen molar-refractivity contribution in [1.29, 1.82) is 0 Å². The van der Waals surface area contributed by atoms with Gasteiger partial charge in [0.15, 0.2) is 0 Å². The predicted octanol–water partition coefficient (Wildman–Crippen LogP) is 3.55. The van der Waals surface area contributed by atoms with Crippen LogP contribution in [0.15, 0.2) is 48.1 Å². The maximum absolute atomic E-state index is 2.23. The summed E-state index contributed by atoms with van der Waals surface area (Å²) in [6.45, 7) is 2.12. The highest BCUT2D eigenvalue weighted by molar-refractivity contribution is 6.33. The Morgan fingerprint density at radius 3 is 2.69 bits per heavy atom. The molecular weight excluding hydrogens is 155 g/mol. The zero-order valence-corrected chi connectivity index (χ0v) is 8.24. The molecule has 67 valence electrons. The van der Waals surface area contributed by atoms with Gasteiger partial charge in [-0.2, -0.15) is 0 Å². The molecule has 0 aromatic heterocycles. The summed E-state index contributed by atoms with van der Waals surface area (Å²) < 4.78 is 0. The SMILES string of the molecule is C[B]CCCC1=C/C=C\C=C/C=C\1. The molecule has 1 aliphatic rings. The molecule has 0 spiro atoms. The Kier molecular flexibility index (Phi) is 5.08. The number of hydrogen-bond donors (Lipinski definition) is 0. The topological polar surface area (TPSA) is 0 Å². The van der Waals surface area contributed by atoms with Crippen LogP contribution in [-0.2, 0) is 0 Å². The molecule has 0 aromatic rings. The Morgan fingerprint density at radius 2 is 1.85 bits per heavy atom. The van der Waals surface area contributed by atoms with E-state index in [1.165, 1.54) is 24.7 Å². The summed E-state index contributed by atoms with van der Waals surface area (Å²) in [5.74, 6) is 0. The molecule has 0 heterocycles. The zero-order valence-electron chi connectivity index (χ0n) is 8.24. The second-order valence-electron chi connectivity index (χ2n) is 3.17. The average molecular weight is 171 g/mol. The molecule has 0 fully saturated rings. The van der Waals surface area contributed by atoms with Crippen molar-refractivity contribution in [2.24, 2.45) is 0 Å². The lowest BCUT2D eigenvalue weighted by Crippen LogP contribution is -1.84. The lowest BCUT2D eigenvalue weighted by atomic mass is 9.76. The minimum atomic E-state index is 1.18. The lowest BCUT2D eigenvalue weighted by Gasteiger charge is -2.00. The van der Waals surface area contributed by atoms with E-state index < -0.39 is 0 Å². The highest BCUT2D eigenvalue weighted by Gasteiger charge is 1.92. The van der Waals surface area contributed by atoms with Gasteiger partial charge in [0.25, 0.3) is 0 Å². The number of rotatable bonds is 4. The Bertz CT molecular complexity index is 244. The Morgan fingerprint density at radius 1 is 1.08 bits per heavy atom. The number of allylic oxidation sites excluding steroid dienone is 8. The molecule has 0 amide bonds. The van der Waals surface area contributed by atoms with Gasteiger partial charge in [-0.15, -0.1) is 0 Å². The van der Waals surface area contributed by atoms with Crippen molar-refractivity contribution in [3.63, 3.8) is 0 Å². The summed E-state index contributed by atoms with van der Waals surface area (Å²) in [5, 5.41) is 0. The van der Waals surface area contributed by atoms with Gasteiger partial charge in [0.05, 0.1) is 0 Å². The van der Waals surface area contributed by atoms with Crippen molar-refractivity contribution in [3.05, 3.63) is 48.1 Å². The first-order chi connectivity index (χ1) is 6.43. The zero-order chi connectivity index (χ0) is 9.36. The third-order valence-corrected chi connectivity index (χ3v) is 2.02. The minimum Gasteiger partial charge on any atom is -0.0920 e. The normalized spacial score (nSPS) is 26.4. The molecule has 1 rings (SSSR count). The minimum absolute atomic E-state index is 1.18. The van der Waals surface area contributed by atoms with E-state index in [2.05, 4.69) is 50.6 Å². The predicted molar refractivity (Wildman–Crippen MR) is 61.2 cm³/mol. The van der Waals surface area contributed by atoms with Gasteiger partial charge >= 0.3 is 0 Å². The lowest BCUT2D eigenvalue weighted by molar-refractivity contribution is 0.919. The monoisotopic (exact) mass is 171 g/mol. The maximum Gasteiger partial charge on any atom is 0.105 e. The molecule has 0 saturated carbocycles. The van der Waals surface area contributed by atoms with E-state index >= 15 is 0 Å². The first-order valence-corrected chi connectivity index (χ1v) is 4.92. The van der Waals surface area contributed by atoms with Gasteiger partial charge < -0.3 is 0 Å². The van der Waals surface area contributed by atoms with Gasteiger partial charge in [0, 0.05) is 0 Å². The quantitative estimate of drug-likeness (QED) is 0.448. The van der Waals surface area contributed by atoms with Gasteiger partial charge in [-0.3, -0.25) is 0 Å². The highest BCUT2D eigenvalue weighted by Crippen LogP contribution is 2.10. The largest absolute Gasteiger partial charge is 0.105 e. The smallest absolute Gasteiger partial charge is 0.0920 e. The van der Waals surface area contributed by atoms with Crippen molar-refractivity contribution in [1.82, 2.24) is 0 Å². The first kappa shape index (κ1) is 10.1. The fraction of sp³-hybridized carbons (Fsp3) is 0.333. The van der Waals surface area contributed by atoms with E-state index in [1.54, 1.807) is 0 Å². The van der Waals surface area contributed by atoms with Gasteiger partial charge in [0.1, 0.15) is 7.28 Å². The molecule has 0 nitrogen and oxygen atoms in total. The summed E-state index contributed by atoms with van der Waals surface area (Å²) in [5.41, 5.74) is 1.42. The highest BCUT2D eigenvalue weighted by atomic mass is 13.9. The van der Waals surface area contributed by atoms with E-state index in [0.29, 0.717) is 0 Å². The molecule has 0 aromatic carbocycles. The summed E-state index contributed by atoms with van der Waals surface area (Å²) in [6.07, 6.45) is 18.4. The maximum atomic E-state index is 2.23. The standard InChI is InChI=1S/C12H16B/c1-13-11-7-10-12-8-5-3-2-4-6-9-12/h2-6,8-9H,7,10-11H2,1H3/b3-2-,4-2?,5-3?,6-4-,8-5-,9-6?,12-8?,12-9+. The summed E-state index contributed by atoms with van der Waals surface area (Å²) >= 11 is 0. The Labute approximate surface area is 82.0 Å². The number of hydrogen-bond acceptors (Lipinski definition) is 0. The molecule has 0 saturated heterocycles. The first-order valence-electron chi connectivity index (χ1n) is 4.92. The van der Waals surface area contributed by atoms with E-state index in [0.717, 1.165) is 0 Å². The molecule has 1 heteroatoms. The van der Waals surface area contributed by atoms with Crippen molar-refractivity contribution in [2.75, 3.05) is 0 Å². The second-order valence-corrected chi connectivity index (χ2v) is 3.17. The van der Waals surface area contributed by atoms with Gasteiger partial charge in [0.2, 0.25) is 0 Å². The van der Waals surface area contributed by atoms with Crippen LogP contribution in [0, 0.1) is 0 Å². The van der Waals surface area contributed by atoms with E-state index in [9.17, 15) is 0 Å².